The molecule has 0 radical (unpaired) electrons. The molecule has 2 saturated heterocycles. The highest BCUT2D eigenvalue weighted by Gasteiger charge is 2.39. The quantitative estimate of drug-likeness (QED) is 0.845. The predicted octanol–water partition coefficient (Wildman–Crippen LogP) is 3.01. The first kappa shape index (κ1) is 17.5. The zero-order valence-corrected chi connectivity index (χ0v) is 15.7. The minimum absolute atomic E-state index is 0.307. The molecule has 1 N–H and O–H groups in total. The maximum absolute atomic E-state index is 10.9. The van der Waals surface area contributed by atoms with Gasteiger partial charge < -0.3 is 14.7 Å². The van der Waals surface area contributed by atoms with Crippen LogP contribution in [0.1, 0.15) is 12.0 Å². The van der Waals surface area contributed by atoms with E-state index in [9.17, 15) is 4.79 Å². The average molecular weight is 372 g/mol. The lowest BCUT2D eigenvalue weighted by atomic mass is 10.0. The van der Waals surface area contributed by atoms with Gasteiger partial charge in [-0.1, -0.05) is 6.07 Å². The fraction of sp³-hybridized carbons (Fsp3) is 0.450. The Kier molecular flexibility index (Phi) is 4.98. The molecule has 2 aromatic rings. The number of aliphatic carboxylic acids is 1. The van der Waals surface area contributed by atoms with Gasteiger partial charge in [0, 0.05) is 31.2 Å². The number of carbonyl (C=O) groups is 1. The van der Waals surface area contributed by atoms with Crippen LogP contribution < -0.4 is 4.74 Å². The minimum atomic E-state index is -0.949. The molecule has 2 atom stereocenters. The van der Waals surface area contributed by atoms with Gasteiger partial charge in [0.1, 0.15) is 5.75 Å². The molecule has 1 aromatic carbocycles. The molecule has 2 aliphatic rings. The number of likely N-dealkylation sites (tertiary alicyclic amines) is 2. The van der Waals surface area contributed by atoms with Crippen LogP contribution in [0.2, 0.25) is 0 Å². The Balaban J connectivity index is 1.55. The molecule has 26 heavy (non-hydrogen) atoms. The molecule has 4 rings (SSSR count). The molecule has 0 amide bonds. The molecule has 2 aliphatic heterocycles. The van der Waals surface area contributed by atoms with Gasteiger partial charge in [0.15, 0.2) is 6.61 Å². The highest BCUT2D eigenvalue weighted by molar-refractivity contribution is 7.08. The number of hydrogen-bond donors (Lipinski definition) is 1. The zero-order valence-electron chi connectivity index (χ0n) is 14.9. The highest BCUT2D eigenvalue weighted by Crippen LogP contribution is 2.34. The normalized spacial score (nSPS) is 23.3. The Labute approximate surface area is 157 Å². The van der Waals surface area contributed by atoms with Crippen LogP contribution in [0.15, 0.2) is 35.0 Å². The summed E-state index contributed by atoms with van der Waals surface area (Å²) in [4.78, 5) is 15.9. The van der Waals surface area contributed by atoms with Gasteiger partial charge in [0.2, 0.25) is 0 Å². The van der Waals surface area contributed by atoms with Crippen LogP contribution in [0, 0.1) is 5.92 Å². The molecule has 5 nitrogen and oxygen atoms in total. The number of carboxylic acids is 1. The first-order chi connectivity index (χ1) is 12.6. The first-order valence-electron chi connectivity index (χ1n) is 9.03. The molecule has 2 fully saturated rings. The lowest BCUT2D eigenvalue weighted by Gasteiger charge is -2.22. The average Bonchev–Trinajstić information content (AvgIpc) is 3.33. The Morgan fingerprint density at radius 2 is 2.19 bits per heavy atom. The summed E-state index contributed by atoms with van der Waals surface area (Å²) in [6.45, 7) is 3.87. The van der Waals surface area contributed by atoms with Crippen molar-refractivity contribution >= 4 is 17.3 Å². The molecule has 138 valence electrons. The van der Waals surface area contributed by atoms with Gasteiger partial charge in [-0.05, 0) is 66.0 Å². The van der Waals surface area contributed by atoms with Crippen molar-refractivity contribution in [1.29, 1.82) is 0 Å². The summed E-state index contributed by atoms with van der Waals surface area (Å²) in [6, 6.07) is 8.83. The van der Waals surface area contributed by atoms with Crippen molar-refractivity contribution in [3.05, 3.63) is 40.6 Å². The Morgan fingerprint density at radius 1 is 1.31 bits per heavy atom. The van der Waals surface area contributed by atoms with Crippen LogP contribution in [0.5, 0.6) is 5.75 Å². The number of thiophene rings is 1. The van der Waals surface area contributed by atoms with Gasteiger partial charge in [0.25, 0.3) is 0 Å². The van der Waals surface area contributed by atoms with E-state index < -0.39 is 5.97 Å². The zero-order chi connectivity index (χ0) is 18.1. The Bertz CT molecular complexity index is 777. The van der Waals surface area contributed by atoms with E-state index in [1.54, 1.807) is 11.3 Å². The standard InChI is InChI=1S/C20H24N2O3S/c1-21-6-4-15-9-22(11-18(15)21)10-17-8-14(16-5-7-26-13-16)2-3-19(17)25-12-20(23)24/h2-3,5,7-8,13,15,18H,4,6,9-12H2,1H3,(H,23,24)/t15-,18+/m0/s1. The molecular formula is C20H24N2O3S. The summed E-state index contributed by atoms with van der Waals surface area (Å²) >= 11 is 1.68. The van der Waals surface area contributed by atoms with Crippen molar-refractivity contribution in [3.8, 4) is 16.9 Å². The van der Waals surface area contributed by atoms with Crippen molar-refractivity contribution in [2.45, 2.75) is 19.0 Å². The van der Waals surface area contributed by atoms with Crippen LogP contribution in [-0.2, 0) is 11.3 Å². The van der Waals surface area contributed by atoms with E-state index in [0.29, 0.717) is 11.8 Å². The Morgan fingerprint density at radius 3 is 2.92 bits per heavy atom. The smallest absolute Gasteiger partial charge is 0.341 e. The van der Waals surface area contributed by atoms with Gasteiger partial charge in [-0.2, -0.15) is 11.3 Å². The van der Waals surface area contributed by atoms with Crippen molar-refractivity contribution in [3.63, 3.8) is 0 Å². The maximum atomic E-state index is 10.9. The van der Waals surface area contributed by atoms with Crippen LogP contribution in [0.4, 0.5) is 0 Å². The lowest BCUT2D eigenvalue weighted by molar-refractivity contribution is -0.139. The number of fused-ring (bicyclic) bond motifs is 1. The van der Waals surface area contributed by atoms with Gasteiger partial charge in [-0.15, -0.1) is 0 Å². The molecule has 0 bridgehead atoms. The topological polar surface area (TPSA) is 53.0 Å². The third-order valence-corrected chi connectivity index (χ3v) is 6.24. The van der Waals surface area contributed by atoms with Crippen LogP contribution in [-0.4, -0.2) is 60.2 Å². The van der Waals surface area contributed by atoms with Crippen LogP contribution in [0.25, 0.3) is 11.1 Å². The van der Waals surface area contributed by atoms with E-state index in [4.69, 9.17) is 9.84 Å². The maximum Gasteiger partial charge on any atom is 0.341 e. The van der Waals surface area contributed by atoms with Crippen molar-refractivity contribution in [1.82, 2.24) is 9.80 Å². The van der Waals surface area contributed by atoms with E-state index >= 15 is 0 Å². The van der Waals surface area contributed by atoms with E-state index in [1.165, 1.54) is 18.5 Å². The molecule has 6 heteroatoms. The van der Waals surface area contributed by atoms with Crippen molar-refractivity contribution in [2.24, 2.45) is 5.92 Å². The second-order valence-corrected chi connectivity index (χ2v) is 8.09. The summed E-state index contributed by atoms with van der Waals surface area (Å²) in [5, 5.41) is 13.2. The van der Waals surface area contributed by atoms with Crippen LogP contribution >= 0.6 is 11.3 Å². The van der Waals surface area contributed by atoms with Crippen molar-refractivity contribution < 1.29 is 14.6 Å². The number of nitrogens with zero attached hydrogens (tertiary/aromatic N) is 2. The van der Waals surface area contributed by atoms with Gasteiger partial charge in [-0.3, -0.25) is 4.90 Å². The molecule has 0 spiro atoms. The van der Waals surface area contributed by atoms with E-state index in [2.05, 4.69) is 39.7 Å². The van der Waals surface area contributed by atoms with E-state index in [0.717, 1.165) is 36.7 Å². The summed E-state index contributed by atoms with van der Waals surface area (Å²) in [5.74, 6) is 0.482. The number of rotatable bonds is 6. The third kappa shape index (κ3) is 3.63. The third-order valence-electron chi connectivity index (χ3n) is 5.56. The summed E-state index contributed by atoms with van der Waals surface area (Å²) in [5.41, 5.74) is 3.41. The first-order valence-corrected chi connectivity index (χ1v) is 9.97. The van der Waals surface area contributed by atoms with Gasteiger partial charge in [-0.25, -0.2) is 4.79 Å². The molecule has 1 aromatic heterocycles. The molecule has 3 heterocycles. The van der Waals surface area contributed by atoms with E-state index in [-0.39, 0.29) is 6.61 Å². The second-order valence-electron chi connectivity index (χ2n) is 7.31. The monoisotopic (exact) mass is 372 g/mol. The largest absolute Gasteiger partial charge is 0.482 e. The highest BCUT2D eigenvalue weighted by atomic mass is 32.1. The molecular weight excluding hydrogens is 348 g/mol. The van der Waals surface area contributed by atoms with E-state index in [1.807, 2.05) is 12.1 Å². The second kappa shape index (κ2) is 7.39. The molecule has 0 unspecified atom stereocenters. The van der Waals surface area contributed by atoms with Crippen LogP contribution in [0.3, 0.4) is 0 Å². The number of carboxylic acid groups (broad SMARTS) is 1. The van der Waals surface area contributed by atoms with Crippen molar-refractivity contribution in [2.75, 3.05) is 33.3 Å². The molecule has 0 aliphatic carbocycles. The number of hydrogen-bond acceptors (Lipinski definition) is 5. The van der Waals surface area contributed by atoms with Gasteiger partial charge in [0.05, 0.1) is 0 Å². The van der Waals surface area contributed by atoms with Gasteiger partial charge >= 0.3 is 5.97 Å². The number of likely N-dealkylation sites (N-methyl/N-ethyl adjacent to an activating group) is 1. The Hall–Kier alpha value is -1.89. The lowest BCUT2D eigenvalue weighted by Crippen LogP contribution is -2.32. The SMILES string of the molecule is CN1CC[C@H]2CN(Cc3cc(-c4ccsc4)ccc3OCC(=O)O)C[C@H]21. The molecule has 0 saturated carbocycles. The predicted molar refractivity (Wildman–Crippen MR) is 103 cm³/mol. The minimum Gasteiger partial charge on any atom is -0.482 e. The summed E-state index contributed by atoms with van der Waals surface area (Å²) < 4.78 is 5.56. The number of benzene rings is 1. The summed E-state index contributed by atoms with van der Waals surface area (Å²) in [6.07, 6.45) is 1.27. The number of ether oxygens (including phenoxy) is 1. The fourth-order valence-electron chi connectivity index (χ4n) is 4.22. The summed E-state index contributed by atoms with van der Waals surface area (Å²) in [7, 11) is 2.22. The fourth-order valence-corrected chi connectivity index (χ4v) is 4.89.